The molecule has 1 aliphatic heterocycles. The Bertz CT molecular complexity index is 829. The molecule has 1 amide bonds. The SMILES string of the molecule is CNC(=O)CC1CCN(C(=NCc2ccccc2)NCc2nnc(C)n2C)CC1.I. The molecule has 0 spiro atoms. The zero-order valence-corrected chi connectivity index (χ0v) is 20.3. The fraction of sp³-hybridized carbons (Fsp3) is 0.524. The number of halogens is 1. The lowest BCUT2D eigenvalue weighted by Crippen LogP contribution is -2.46. The number of aryl methyl sites for hydroxylation is 1. The lowest BCUT2D eigenvalue weighted by atomic mass is 9.93. The van der Waals surface area contributed by atoms with E-state index in [4.69, 9.17) is 4.99 Å². The Morgan fingerprint density at radius 3 is 2.50 bits per heavy atom. The predicted octanol–water partition coefficient (Wildman–Crippen LogP) is 2.24. The van der Waals surface area contributed by atoms with Crippen LogP contribution in [0.15, 0.2) is 35.3 Å². The van der Waals surface area contributed by atoms with Gasteiger partial charge in [0.25, 0.3) is 0 Å². The number of guanidine groups is 1. The molecular formula is C21H32IN7O. The van der Waals surface area contributed by atoms with E-state index in [1.54, 1.807) is 7.05 Å². The van der Waals surface area contributed by atoms with Gasteiger partial charge in [0.15, 0.2) is 11.8 Å². The largest absolute Gasteiger partial charge is 0.359 e. The van der Waals surface area contributed by atoms with Crippen molar-refractivity contribution in [3.8, 4) is 0 Å². The van der Waals surface area contributed by atoms with Crippen LogP contribution in [0.5, 0.6) is 0 Å². The minimum atomic E-state index is 0. The number of amides is 1. The normalized spacial score (nSPS) is 14.9. The highest BCUT2D eigenvalue weighted by Gasteiger charge is 2.23. The van der Waals surface area contributed by atoms with Crippen molar-refractivity contribution in [2.24, 2.45) is 18.0 Å². The lowest BCUT2D eigenvalue weighted by Gasteiger charge is -2.34. The van der Waals surface area contributed by atoms with Crippen LogP contribution in [0, 0.1) is 12.8 Å². The molecule has 0 atom stereocenters. The molecule has 1 saturated heterocycles. The van der Waals surface area contributed by atoms with Gasteiger partial charge in [-0.15, -0.1) is 34.2 Å². The maximum Gasteiger partial charge on any atom is 0.220 e. The molecule has 0 saturated carbocycles. The van der Waals surface area contributed by atoms with Crippen LogP contribution in [0.2, 0.25) is 0 Å². The van der Waals surface area contributed by atoms with E-state index < -0.39 is 0 Å². The van der Waals surface area contributed by atoms with Crippen LogP contribution in [0.1, 0.15) is 36.5 Å². The number of hydrogen-bond acceptors (Lipinski definition) is 4. The van der Waals surface area contributed by atoms with E-state index in [1.807, 2.05) is 36.7 Å². The summed E-state index contributed by atoms with van der Waals surface area (Å²) in [4.78, 5) is 18.8. The van der Waals surface area contributed by atoms with Gasteiger partial charge < -0.3 is 20.1 Å². The van der Waals surface area contributed by atoms with Crippen molar-refractivity contribution in [2.45, 2.75) is 39.3 Å². The summed E-state index contributed by atoms with van der Waals surface area (Å²) in [5.41, 5.74) is 1.18. The maximum atomic E-state index is 11.7. The summed E-state index contributed by atoms with van der Waals surface area (Å²) in [5, 5.41) is 14.6. The minimum Gasteiger partial charge on any atom is -0.359 e. The standard InChI is InChI=1S/C21H31N7O.HI/c1-16-25-26-19(27(16)3)15-24-21(23-14-18-7-5-4-6-8-18)28-11-9-17(10-12-28)13-20(29)22-2;/h4-8,17H,9-15H2,1-3H3,(H,22,29)(H,23,24);1H. The molecule has 164 valence electrons. The molecule has 1 fully saturated rings. The van der Waals surface area contributed by atoms with E-state index in [2.05, 4.69) is 37.9 Å². The van der Waals surface area contributed by atoms with E-state index in [9.17, 15) is 4.79 Å². The first kappa shape index (κ1) is 24.1. The first-order valence-electron chi connectivity index (χ1n) is 10.2. The average molecular weight is 525 g/mol. The van der Waals surface area contributed by atoms with Crippen molar-refractivity contribution >= 4 is 35.8 Å². The number of carbonyl (C=O) groups is 1. The Morgan fingerprint density at radius 1 is 1.20 bits per heavy atom. The van der Waals surface area contributed by atoms with Gasteiger partial charge in [-0.05, 0) is 31.2 Å². The van der Waals surface area contributed by atoms with E-state index in [0.29, 0.717) is 25.4 Å². The highest BCUT2D eigenvalue weighted by atomic mass is 127. The molecule has 1 aromatic heterocycles. The summed E-state index contributed by atoms with van der Waals surface area (Å²) in [5.74, 6) is 3.21. The van der Waals surface area contributed by atoms with Crippen molar-refractivity contribution in [1.29, 1.82) is 0 Å². The van der Waals surface area contributed by atoms with Gasteiger partial charge in [0.1, 0.15) is 5.82 Å². The van der Waals surface area contributed by atoms with Crippen LogP contribution in [0.25, 0.3) is 0 Å². The summed E-state index contributed by atoms with van der Waals surface area (Å²) >= 11 is 0. The quantitative estimate of drug-likeness (QED) is 0.343. The molecule has 9 heteroatoms. The molecule has 1 aromatic carbocycles. The second-order valence-corrected chi connectivity index (χ2v) is 7.51. The van der Waals surface area contributed by atoms with Gasteiger partial charge in [0, 0.05) is 33.6 Å². The number of piperidine rings is 1. The number of nitrogens with one attached hydrogen (secondary N) is 2. The Morgan fingerprint density at radius 2 is 1.90 bits per heavy atom. The monoisotopic (exact) mass is 525 g/mol. The van der Waals surface area contributed by atoms with Gasteiger partial charge in [-0.1, -0.05) is 30.3 Å². The predicted molar refractivity (Wildman–Crippen MR) is 129 cm³/mol. The molecule has 0 radical (unpaired) electrons. The van der Waals surface area contributed by atoms with Crippen LogP contribution in [0.4, 0.5) is 0 Å². The Labute approximate surface area is 195 Å². The summed E-state index contributed by atoms with van der Waals surface area (Å²) in [6.45, 7) is 4.92. The smallest absolute Gasteiger partial charge is 0.220 e. The van der Waals surface area contributed by atoms with Crippen LogP contribution in [0.3, 0.4) is 0 Å². The summed E-state index contributed by atoms with van der Waals surface area (Å²) < 4.78 is 1.98. The molecule has 3 rings (SSSR count). The van der Waals surface area contributed by atoms with E-state index >= 15 is 0 Å². The Hall–Kier alpha value is -2.17. The Kier molecular flexibility index (Phi) is 9.54. The minimum absolute atomic E-state index is 0. The van der Waals surface area contributed by atoms with Crippen molar-refractivity contribution in [2.75, 3.05) is 20.1 Å². The summed E-state index contributed by atoms with van der Waals surface area (Å²) in [6.07, 6.45) is 2.58. The van der Waals surface area contributed by atoms with Gasteiger partial charge in [-0.3, -0.25) is 4.79 Å². The highest BCUT2D eigenvalue weighted by molar-refractivity contribution is 14.0. The number of benzene rings is 1. The molecule has 0 unspecified atom stereocenters. The molecule has 2 N–H and O–H groups in total. The zero-order chi connectivity index (χ0) is 20.6. The van der Waals surface area contributed by atoms with Gasteiger partial charge in [0.05, 0.1) is 13.1 Å². The van der Waals surface area contributed by atoms with E-state index in [1.165, 1.54) is 5.56 Å². The number of rotatable bonds is 6. The third kappa shape index (κ3) is 6.68. The third-order valence-corrected chi connectivity index (χ3v) is 5.51. The van der Waals surface area contributed by atoms with Gasteiger partial charge in [-0.2, -0.15) is 0 Å². The molecular weight excluding hydrogens is 493 g/mol. The Balaban J connectivity index is 0.00000320. The van der Waals surface area contributed by atoms with Crippen molar-refractivity contribution < 1.29 is 4.79 Å². The zero-order valence-electron chi connectivity index (χ0n) is 18.0. The van der Waals surface area contributed by atoms with Crippen LogP contribution >= 0.6 is 24.0 Å². The van der Waals surface area contributed by atoms with Crippen LogP contribution in [-0.4, -0.2) is 51.7 Å². The van der Waals surface area contributed by atoms with Crippen LogP contribution < -0.4 is 10.6 Å². The highest BCUT2D eigenvalue weighted by Crippen LogP contribution is 2.20. The number of hydrogen-bond donors (Lipinski definition) is 2. The molecule has 2 aromatic rings. The molecule has 1 aliphatic rings. The molecule has 30 heavy (non-hydrogen) atoms. The number of aromatic nitrogens is 3. The number of likely N-dealkylation sites (tertiary alicyclic amines) is 1. The summed E-state index contributed by atoms with van der Waals surface area (Å²) in [7, 11) is 3.67. The van der Waals surface area contributed by atoms with Gasteiger partial charge >= 0.3 is 0 Å². The second kappa shape index (κ2) is 11.9. The van der Waals surface area contributed by atoms with E-state index in [0.717, 1.165) is 43.5 Å². The van der Waals surface area contributed by atoms with E-state index in [-0.39, 0.29) is 29.9 Å². The second-order valence-electron chi connectivity index (χ2n) is 7.51. The number of carbonyl (C=O) groups excluding carboxylic acids is 1. The first-order chi connectivity index (χ1) is 14.1. The van der Waals surface area contributed by atoms with Crippen molar-refractivity contribution in [3.05, 3.63) is 47.5 Å². The first-order valence-corrected chi connectivity index (χ1v) is 10.2. The molecule has 8 nitrogen and oxygen atoms in total. The van der Waals surface area contributed by atoms with Crippen molar-refractivity contribution in [1.82, 2.24) is 30.3 Å². The average Bonchev–Trinajstić information content (AvgIpc) is 3.07. The number of aliphatic imine (C=N–C) groups is 1. The molecule has 0 bridgehead atoms. The van der Waals surface area contributed by atoms with Crippen LogP contribution in [-0.2, 0) is 24.9 Å². The van der Waals surface area contributed by atoms with Gasteiger partial charge in [-0.25, -0.2) is 4.99 Å². The van der Waals surface area contributed by atoms with Gasteiger partial charge in [0.2, 0.25) is 5.91 Å². The summed E-state index contributed by atoms with van der Waals surface area (Å²) in [6, 6.07) is 10.3. The topological polar surface area (TPSA) is 87.4 Å². The lowest BCUT2D eigenvalue weighted by molar-refractivity contribution is -0.121. The fourth-order valence-corrected chi connectivity index (χ4v) is 3.49. The number of nitrogens with zero attached hydrogens (tertiary/aromatic N) is 5. The molecule has 2 heterocycles. The third-order valence-electron chi connectivity index (χ3n) is 5.51. The maximum absolute atomic E-state index is 11.7. The molecule has 0 aliphatic carbocycles. The fourth-order valence-electron chi connectivity index (χ4n) is 3.49. The van der Waals surface area contributed by atoms with Crippen molar-refractivity contribution in [3.63, 3.8) is 0 Å².